The Labute approximate surface area is 118 Å². The van der Waals surface area contributed by atoms with Crippen LogP contribution >= 0.6 is 0 Å². The molecule has 112 valence electrons. The number of carbonyl (C=O) groups excluding carboxylic acids is 1. The van der Waals surface area contributed by atoms with Crippen molar-refractivity contribution in [1.82, 2.24) is 20.2 Å². The quantitative estimate of drug-likeness (QED) is 0.688. The van der Waals surface area contributed by atoms with E-state index >= 15 is 0 Å². The Hall–Kier alpha value is -2.05. The molecular formula is C13H22N4O3. The van der Waals surface area contributed by atoms with Crippen LogP contribution in [0.25, 0.3) is 0 Å². The summed E-state index contributed by atoms with van der Waals surface area (Å²) in [5, 5.41) is 14.2. The summed E-state index contributed by atoms with van der Waals surface area (Å²) in [5.74, 6) is 0.0275. The Morgan fingerprint density at radius 3 is 2.65 bits per heavy atom. The average molecular weight is 282 g/mol. The van der Waals surface area contributed by atoms with Crippen molar-refractivity contribution in [3.63, 3.8) is 0 Å². The molecule has 1 rings (SSSR count). The largest absolute Gasteiger partial charge is 0.481 e. The van der Waals surface area contributed by atoms with Crippen molar-refractivity contribution in [1.29, 1.82) is 0 Å². The van der Waals surface area contributed by atoms with Crippen molar-refractivity contribution >= 4 is 12.0 Å². The maximum Gasteiger partial charge on any atom is 0.315 e. The second-order valence-corrected chi connectivity index (χ2v) is 5.05. The third-order valence-corrected chi connectivity index (χ3v) is 3.07. The van der Waals surface area contributed by atoms with E-state index in [2.05, 4.69) is 15.6 Å². The van der Waals surface area contributed by atoms with Gasteiger partial charge in [0.25, 0.3) is 0 Å². The zero-order chi connectivity index (χ0) is 15.1. The number of urea groups is 1. The summed E-state index contributed by atoms with van der Waals surface area (Å²) in [6.45, 7) is 4.21. The van der Waals surface area contributed by atoms with Gasteiger partial charge in [-0.05, 0) is 5.92 Å². The van der Waals surface area contributed by atoms with E-state index in [1.54, 1.807) is 6.20 Å². The highest BCUT2D eigenvalue weighted by Crippen LogP contribution is 2.05. The van der Waals surface area contributed by atoms with E-state index in [1.165, 1.54) is 0 Å². The monoisotopic (exact) mass is 282 g/mol. The average Bonchev–Trinajstić information content (AvgIpc) is 2.73. The summed E-state index contributed by atoms with van der Waals surface area (Å²) in [6.07, 6.45) is 4.10. The van der Waals surface area contributed by atoms with Crippen LogP contribution in [0.4, 0.5) is 4.79 Å². The standard InChI is InChI=1S/C13H22N4O3/c1-9(2)10(8-12(18)19)16-13(20)15-5-4-11-14-6-7-17(11)3/h6-7,9-10H,4-5,8H2,1-3H3,(H,18,19)(H2,15,16,20). The highest BCUT2D eigenvalue weighted by molar-refractivity contribution is 5.75. The van der Waals surface area contributed by atoms with E-state index in [1.807, 2.05) is 31.7 Å². The molecule has 1 aromatic heterocycles. The number of hydrogen-bond acceptors (Lipinski definition) is 3. The van der Waals surface area contributed by atoms with Crippen LogP contribution in [0.2, 0.25) is 0 Å². The molecule has 0 aromatic carbocycles. The third-order valence-electron chi connectivity index (χ3n) is 3.07. The second kappa shape index (κ2) is 7.52. The van der Waals surface area contributed by atoms with Crippen LogP contribution in [0.3, 0.4) is 0 Å². The maximum atomic E-state index is 11.7. The molecule has 0 saturated heterocycles. The summed E-state index contributed by atoms with van der Waals surface area (Å²) in [6, 6.07) is -0.722. The lowest BCUT2D eigenvalue weighted by molar-refractivity contribution is -0.137. The number of aromatic nitrogens is 2. The molecule has 2 amide bonds. The molecule has 0 aliphatic carbocycles. The molecule has 0 radical (unpaired) electrons. The number of aliphatic carboxylic acids is 1. The Bertz CT molecular complexity index is 456. The number of carboxylic acids is 1. The summed E-state index contributed by atoms with van der Waals surface area (Å²) < 4.78 is 1.89. The first-order chi connectivity index (χ1) is 9.40. The molecule has 1 heterocycles. The van der Waals surface area contributed by atoms with Gasteiger partial charge in [-0.3, -0.25) is 4.79 Å². The fourth-order valence-electron chi connectivity index (χ4n) is 1.79. The van der Waals surface area contributed by atoms with E-state index in [-0.39, 0.29) is 24.4 Å². The summed E-state index contributed by atoms with van der Waals surface area (Å²) in [7, 11) is 1.89. The molecular weight excluding hydrogens is 260 g/mol. The second-order valence-electron chi connectivity index (χ2n) is 5.05. The van der Waals surface area contributed by atoms with Gasteiger partial charge in [0.05, 0.1) is 6.42 Å². The molecule has 0 bridgehead atoms. The Kier molecular flexibility index (Phi) is 6.02. The Morgan fingerprint density at radius 1 is 1.45 bits per heavy atom. The third kappa shape index (κ3) is 5.29. The fourth-order valence-corrected chi connectivity index (χ4v) is 1.79. The highest BCUT2D eigenvalue weighted by Gasteiger charge is 2.19. The van der Waals surface area contributed by atoms with Crippen LogP contribution in [0.5, 0.6) is 0 Å². The van der Waals surface area contributed by atoms with Crippen LogP contribution in [0, 0.1) is 5.92 Å². The van der Waals surface area contributed by atoms with Crippen LogP contribution in [0.15, 0.2) is 12.4 Å². The molecule has 7 nitrogen and oxygen atoms in total. The molecule has 1 atom stereocenters. The molecule has 0 spiro atoms. The first-order valence-electron chi connectivity index (χ1n) is 6.62. The van der Waals surface area contributed by atoms with Gasteiger partial charge < -0.3 is 20.3 Å². The lowest BCUT2D eigenvalue weighted by Gasteiger charge is -2.20. The molecule has 7 heteroatoms. The van der Waals surface area contributed by atoms with E-state index < -0.39 is 5.97 Å². The van der Waals surface area contributed by atoms with Gasteiger partial charge >= 0.3 is 12.0 Å². The van der Waals surface area contributed by atoms with E-state index in [9.17, 15) is 9.59 Å². The van der Waals surface area contributed by atoms with Gasteiger partial charge in [0, 0.05) is 38.4 Å². The number of nitrogens with zero attached hydrogens (tertiary/aromatic N) is 2. The van der Waals surface area contributed by atoms with Crippen molar-refractivity contribution in [3.8, 4) is 0 Å². The van der Waals surface area contributed by atoms with E-state index in [0.717, 1.165) is 5.82 Å². The summed E-state index contributed by atoms with van der Waals surface area (Å²) >= 11 is 0. The number of carbonyl (C=O) groups is 2. The van der Waals surface area contributed by atoms with Gasteiger partial charge in [-0.25, -0.2) is 9.78 Å². The van der Waals surface area contributed by atoms with Gasteiger partial charge in [-0.15, -0.1) is 0 Å². The minimum Gasteiger partial charge on any atom is -0.481 e. The molecule has 0 aliphatic rings. The smallest absolute Gasteiger partial charge is 0.315 e. The Morgan fingerprint density at radius 2 is 2.15 bits per heavy atom. The number of aryl methyl sites for hydroxylation is 1. The van der Waals surface area contributed by atoms with Crippen molar-refractivity contribution in [3.05, 3.63) is 18.2 Å². The lowest BCUT2D eigenvalue weighted by Crippen LogP contribution is -2.46. The lowest BCUT2D eigenvalue weighted by atomic mass is 10.0. The SMILES string of the molecule is CC(C)C(CC(=O)O)NC(=O)NCCc1nccn1C. The zero-order valence-corrected chi connectivity index (χ0v) is 12.1. The first kappa shape index (κ1) is 16.0. The van der Waals surface area contributed by atoms with Gasteiger partial charge in [-0.1, -0.05) is 13.8 Å². The topological polar surface area (TPSA) is 96.2 Å². The van der Waals surface area contributed by atoms with Gasteiger partial charge in [-0.2, -0.15) is 0 Å². The van der Waals surface area contributed by atoms with Crippen LogP contribution in [-0.4, -0.2) is 39.2 Å². The molecule has 0 aliphatic heterocycles. The van der Waals surface area contributed by atoms with Crippen molar-refractivity contribution in [2.75, 3.05) is 6.54 Å². The van der Waals surface area contributed by atoms with Crippen LogP contribution in [-0.2, 0) is 18.3 Å². The number of imidazole rings is 1. The summed E-state index contributed by atoms with van der Waals surface area (Å²) in [4.78, 5) is 26.6. The highest BCUT2D eigenvalue weighted by atomic mass is 16.4. The molecule has 0 saturated carbocycles. The van der Waals surface area contributed by atoms with Crippen LogP contribution < -0.4 is 10.6 Å². The number of rotatable bonds is 7. The molecule has 1 unspecified atom stereocenters. The predicted octanol–water partition coefficient (Wildman–Crippen LogP) is 0.761. The van der Waals surface area contributed by atoms with E-state index in [0.29, 0.717) is 13.0 Å². The Balaban J connectivity index is 2.34. The summed E-state index contributed by atoms with van der Waals surface area (Å²) in [5.41, 5.74) is 0. The van der Waals surface area contributed by atoms with Gasteiger partial charge in [0.1, 0.15) is 5.82 Å². The molecule has 1 aromatic rings. The van der Waals surface area contributed by atoms with Crippen LogP contribution in [0.1, 0.15) is 26.1 Å². The van der Waals surface area contributed by atoms with Crippen molar-refractivity contribution in [2.24, 2.45) is 13.0 Å². The molecule has 3 N–H and O–H groups in total. The number of carboxylic acid groups (broad SMARTS) is 1. The minimum absolute atomic E-state index is 0.0615. The predicted molar refractivity (Wildman–Crippen MR) is 74.3 cm³/mol. The fraction of sp³-hybridized carbons (Fsp3) is 0.615. The normalized spacial score (nSPS) is 12.2. The van der Waals surface area contributed by atoms with Gasteiger partial charge in [0.15, 0.2) is 0 Å². The van der Waals surface area contributed by atoms with E-state index in [4.69, 9.17) is 5.11 Å². The minimum atomic E-state index is -0.919. The number of hydrogen-bond donors (Lipinski definition) is 3. The number of nitrogens with one attached hydrogen (secondary N) is 2. The maximum absolute atomic E-state index is 11.7. The van der Waals surface area contributed by atoms with Crippen molar-refractivity contribution in [2.45, 2.75) is 32.7 Å². The zero-order valence-electron chi connectivity index (χ0n) is 12.1. The first-order valence-corrected chi connectivity index (χ1v) is 6.62. The molecule has 20 heavy (non-hydrogen) atoms. The number of amides is 2. The van der Waals surface area contributed by atoms with Gasteiger partial charge in [0.2, 0.25) is 0 Å². The molecule has 0 fully saturated rings. The van der Waals surface area contributed by atoms with Crippen molar-refractivity contribution < 1.29 is 14.7 Å².